The maximum absolute atomic E-state index is 12.4. The van der Waals surface area contributed by atoms with Crippen LogP contribution in [0.25, 0.3) is 5.65 Å². The van der Waals surface area contributed by atoms with Crippen molar-refractivity contribution in [3.63, 3.8) is 0 Å². The third kappa shape index (κ3) is 2.65. The Morgan fingerprint density at radius 1 is 1.27 bits per heavy atom. The van der Waals surface area contributed by atoms with Gasteiger partial charge in [0.15, 0.2) is 0 Å². The molecule has 0 aliphatic heterocycles. The molecule has 1 N–H and O–H groups in total. The fourth-order valence-electron chi connectivity index (χ4n) is 2.43. The predicted molar refractivity (Wildman–Crippen MR) is 84.1 cm³/mol. The summed E-state index contributed by atoms with van der Waals surface area (Å²) in [4.78, 5) is 16.8. The van der Waals surface area contributed by atoms with E-state index in [2.05, 4.69) is 10.3 Å². The number of carbonyl (C=O) groups excluding carboxylic acids is 1. The molecule has 0 saturated carbocycles. The Morgan fingerprint density at radius 3 is 2.91 bits per heavy atom. The summed E-state index contributed by atoms with van der Waals surface area (Å²) in [5.74, 6) is 0.611. The van der Waals surface area contributed by atoms with Crippen molar-refractivity contribution < 1.29 is 9.53 Å². The van der Waals surface area contributed by atoms with Gasteiger partial charge in [-0.1, -0.05) is 18.2 Å². The van der Waals surface area contributed by atoms with Crippen LogP contribution in [0.5, 0.6) is 5.75 Å². The van der Waals surface area contributed by atoms with E-state index in [0.717, 1.165) is 17.0 Å². The highest BCUT2D eigenvalue weighted by molar-refractivity contribution is 5.99. The summed E-state index contributed by atoms with van der Waals surface area (Å²) in [6.45, 7) is 2.31. The van der Waals surface area contributed by atoms with E-state index in [0.29, 0.717) is 17.8 Å². The quantitative estimate of drug-likeness (QED) is 0.805. The van der Waals surface area contributed by atoms with Crippen LogP contribution in [0.2, 0.25) is 0 Å². The van der Waals surface area contributed by atoms with Gasteiger partial charge in [0.25, 0.3) is 5.91 Å². The van der Waals surface area contributed by atoms with E-state index in [-0.39, 0.29) is 5.91 Å². The number of aromatic nitrogens is 2. The molecule has 0 saturated heterocycles. The average molecular weight is 295 g/mol. The van der Waals surface area contributed by atoms with Crippen molar-refractivity contribution in [3.8, 4) is 5.75 Å². The number of carbonyl (C=O) groups is 1. The fraction of sp³-hybridized carbons (Fsp3) is 0.176. The average Bonchev–Trinajstić information content (AvgIpc) is 2.92. The molecule has 2 heterocycles. The smallest absolute Gasteiger partial charge is 0.255 e. The first kappa shape index (κ1) is 14.1. The molecule has 0 bridgehead atoms. The van der Waals surface area contributed by atoms with Crippen LogP contribution >= 0.6 is 0 Å². The Morgan fingerprint density at radius 2 is 2.09 bits per heavy atom. The predicted octanol–water partition coefficient (Wildman–Crippen LogP) is 2.58. The van der Waals surface area contributed by atoms with E-state index in [9.17, 15) is 4.79 Å². The number of imidazole rings is 1. The van der Waals surface area contributed by atoms with Crippen LogP contribution in [-0.2, 0) is 6.54 Å². The van der Waals surface area contributed by atoms with E-state index in [4.69, 9.17) is 4.74 Å². The van der Waals surface area contributed by atoms with E-state index in [1.165, 1.54) is 0 Å². The summed E-state index contributed by atoms with van der Waals surface area (Å²) in [7, 11) is 1.62. The number of aryl methyl sites for hydroxylation is 1. The van der Waals surface area contributed by atoms with E-state index in [1.807, 2.05) is 54.0 Å². The lowest BCUT2D eigenvalue weighted by molar-refractivity contribution is 0.0952. The van der Waals surface area contributed by atoms with Gasteiger partial charge in [-0.25, -0.2) is 4.98 Å². The molecule has 0 fully saturated rings. The van der Waals surface area contributed by atoms with Gasteiger partial charge in [-0.15, -0.1) is 0 Å². The van der Waals surface area contributed by atoms with Gasteiger partial charge in [-0.2, -0.15) is 0 Å². The molecule has 2 aromatic heterocycles. The van der Waals surface area contributed by atoms with Crippen molar-refractivity contribution in [2.45, 2.75) is 13.5 Å². The molecular formula is C17H17N3O2. The number of amides is 1. The van der Waals surface area contributed by atoms with Gasteiger partial charge in [0.05, 0.1) is 18.4 Å². The largest absolute Gasteiger partial charge is 0.496 e. The number of rotatable bonds is 4. The number of methoxy groups -OCH3 is 1. The topological polar surface area (TPSA) is 55.6 Å². The van der Waals surface area contributed by atoms with Crippen molar-refractivity contribution in [1.29, 1.82) is 0 Å². The summed E-state index contributed by atoms with van der Waals surface area (Å²) >= 11 is 0. The summed E-state index contributed by atoms with van der Waals surface area (Å²) in [6, 6.07) is 11.2. The van der Waals surface area contributed by atoms with Gasteiger partial charge in [0, 0.05) is 24.5 Å². The van der Waals surface area contributed by atoms with Gasteiger partial charge in [-0.3, -0.25) is 4.79 Å². The van der Waals surface area contributed by atoms with Crippen LogP contribution < -0.4 is 10.1 Å². The maximum Gasteiger partial charge on any atom is 0.255 e. The number of para-hydroxylation sites is 1. The van der Waals surface area contributed by atoms with E-state index in [1.54, 1.807) is 13.2 Å². The third-order valence-electron chi connectivity index (χ3n) is 3.48. The lowest BCUT2D eigenvalue weighted by Gasteiger charge is -2.10. The number of hydrogen-bond acceptors (Lipinski definition) is 3. The van der Waals surface area contributed by atoms with Gasteiger partial charge >= 0.3 is 0 Å². The van der Waals surface area contributed by atoms with Gasteiger partial charge in [0.2, 0.25) is 0 Å². The molecule has 0 aliphatic rings. The lowest BCUT2D eigenvalue weighted by atomic mass is 10.2. The maximum atomic E-state index is 12.4. The van der Waals surface area contributed by atoms with Gasteiger partial charge < -0.3 is 14.5 Å². The number of nitrogens with one attached hydrogen (secondary N) is 1. The minimum Gasteiger partial charge on any atom is -0.496 e. The summed E-state index contributed by atoms with van der Waals surface area (Å²) in [5, 5.41) is 2.92. The molecule has 112 valence electrons. The van der Waals surface area contributed by atoms with Crippen LogP contribution in [0.3, 0.4) is 0 Å². The number of benzene rings is 1. The van der Waals surface area contributed by atoms with Crippen molar-refractivity contribution in [1.82, 2.24) is 14.7 Å². The molecule has 22 heavy (non-hydrogen) atoms. The summed E-state index contributed by atoms with van der Waals surface area (Å²) < 4.78 is 7.14. The highest BCUT2D eigenvalue weighted by atomic mass is 16.5. The first-order chi connectivity index (χ1) is 10.7. The number of pyridine rings is 1. The van der Waals surface area contributed by atoms with Crippen molar-refractivity contribution in [2.24, 2.45) is 0 Å². The normalized spacial score (nSPS) is 10.6. The van der Waals surface area contributed by atoms with E-state index >= 15 is 0 Å². The number of ether oxygens (including phenoxy) is 1. The van der Waals surface area contributed by atoms with E-state index < -0.39 is 0 Å². The third-order valence-corrected chi connectivity index (χ3v) is 3.48. The summed E-state index contributed by atoms with van der Waals surface area (Å²) in [5.41, 5.74) is 3.04. The molecule has 0 spiro atoms. The Kier molecular flexibility index (Phi) is 3.78. The minimum atomic E-state index is -0.151. The number of nitrogens with zero attached hydrogens (tertiary/aromatic N) is 2. The van der Waals surface area contributed by atoms with Crippen LogP contribution in [0.15, 0.2) is 48.8 Å². The zero-order valence-electron chi connectivity index (χ0n) is 12.5. The summed E-state index contributed by atoms with van der Waals surface area (Å²) in [6.07, 6.45) is 3.78. The lowest BCUT2D eigenvalue weighted by Crippen LogP contribution is -2.23. The Hall–Kier alpha value is -2.82. The first-order valence-corrected chi connectivity index (χ1v) is 7.03. The van der Waals surface area contributed by atoms with Crippen molar-refractivity contribution in [3.05, 3.63) is 65.6 Å². The first-order valence-electron chi connectivity index (χ1n) is 7.03. The SMILES string of the molecule is COc1ccccc1CNC(=O)c1cccn2cc(C)nc12. The molecule has 1 aromatic carbocycles. The van der Waals surface area contributed by atoms with Crippen LogP contribution in [0.4, 0.5) is 0 Å². The highest BCUT2D eigenvalue weighted by Gasteiger charge is 2.12. The number of hydrogen-bond donors (Lipinski definition) is 1. The molecule has 3 rings (SSSR count). The molecule has 0 atom stereocenters. The molecule has 0 unspecified atom stereocenters. The second kappa shape index (κ2) is 5.89. The standard InChI is InChI=1S/C17H17N3O2/c1-12-11-20-9-5-7-14(16(20)19-12)17(21)18-10-13-6-3-4-8-15(13)22-2/h3-9,11H,10H2,1-2H3,(H,18,21). The minimum absolute atomic E-state index is 0.151. The monoisotopic (exact) mass is 295 g/mol. The van der Waals surface area contributed by atoms with Gasteiger partial charge in [-0.05, 0) is 25.1 Å². The van der Waals surface area contributed by atoms with Crippen molar-refractivity contribution in [2.75, 3.05) is 7.11 Å². The second-order valence-corrected chi connectivity index (χ2v) is 5.03. The van der Waals surface area contributed by atoms with Gasteiger partial charge in [0.1, 0.15) is 11.4 Å². The Labute approximate surface area is 128 Å². The molecule has 1 amide bonds. The Balaban J connectivity index is 1.82. The zero-order chi connectivity index (χ0) is 15.5. The molecule has 5 nitrogen and oxygen atoms in total. The van der Waals surface area contributed by atoms with Crippen LogP contribution in [0, 0.1) is 6.92 Å². The van der Waals surface area contributed by atoms with Crippen LogP contribution in [-0.4, -0.2) is 22.4 Å². The zero-order valence-corrected chi connectivity index (χ0v) is 12.5. The fourth-order valence-corrected chi connectivity index (χ4v) is 2.43. The number of fused-ring (bicyclic) bond motifs is 1. The van der Waals surface area contributed by atoms with Crippen LogP contribution in [0.1, 0.15) is 21.6 Å². The highest BCUT2D eigenvalue weighted by Crippen LogP contribution is 2.17. The molecular weight excluding hydrogens is 278 g/mol. The molecule has 0 aliphatic carbocycles. The molecule has 3 aromatic rings. The molecule has 0 radical (unpaired) electrons. The Bertz CT molecular complexity index is 824. The molecule has 5 heteroatoms. The second-order valence-electron chi connectivity index (χ2n) is 5.03. The van der Waals surface area contributed by atoms with Crippen molar-refractivity contribution >= 4 is 11.6 Å².